The maximum absolute atomic E-state index is 11.9. The van der Waals surface area contributed by atoms with Gasteiger partial charge < -0.3 is 20.4 Å². The Morgan fingerprint density at radius 1 is 1.57 bits per heavy atom. The van der Waals surface area contributed by atoms with Crippen molar-refractivity contribution in [1.82, 2.24) is 19.9 Å². The van der Waals surface area contributed by atoms with Crippen LogP contribution in [-0.4, -0.2) is 32.3 Å². The summed E-state index contributed by atoms with van der Waals surface area (Å²) in [7, 11) is 0. The third-order valence-electron chi connectivity index (χ3n) is 3.04. The summed E-state index contributed by atoms with van der Waals surface area (Å²) >= 11 is 3.48. The Morgan fingerprint density at radius 3 is 2.87 bits per heavy atom. The minimum Gasteiger partial charge on any atom is -0.444 e. The third kappa shape index (κ3) is 4.22. The number of nitrogens with one attached hydrogen (secondary N) is 1. The second-order valence-corrected chi connectivity index (χ2v) is 6.87. The van der Waals surface area contributed by atoms with Crippen LogP contribution in [0.4, 0.5) is 10.6 Å². The molecule has 1 atom stereocenters. The maximum Gasteiger partial charge on any atom is 0.408 e. The number of fused-ring (bicyclic) bond motifs is 1. The molecular weight excluding hydrogens is 362 g/mol. The van der Waals surface area contributed by atoms with E-state index in [-0.39, 0.29) is 6.04 Å². The maximum atomic E-state index is 11.9. The molecule has 2 rings (SSSR count). The highest BCUT2D eigenvalue weighted by Crippen LogP contribution is 2.25. The van der Waals surface area contributed by atoms with E-state index in [1.54, 1.807) is 6.08 Å². The quantitative estimate of drug-likeness (QED) is 0.793. The molecule has 0 aliphatic heterocycles. The standard InChI is InChI=1S/C15H20BrN5O2/c1-5-9(20-14(22)23-15(2,3)4)7-21-11(16)6-10-12(17)18-8-19-13(10)21/h5-6,8-9H,1,7H2,2-4H3,(H,20,22)(H2,17,18,19)/t9-/m0/s1. The molecule has 124 valence electrons. The highest BCUT2D eigenvalue weighted by molar-refractivity contribution is 9.10. The number of hydrogen-bond donors (Lipinski definition) is 2. The average Bonchev–Trinajstić information content (AvgIpc) is 2.74. The SMILES string of the molecule is C=C[C@@H](Cn1c(Br)cc2c(N)ncnc21)NC(=O)OC(C)(C)C. The molecule has 1 amide bonds. The summed E-state index contributed by atoms with van der Waals surface area (Å²) in [6, 6.07) is 1.52. The Morgan fingerprint density at radius 2 is 2.26 bits per heavy atom. The van der Waals surface area contributed by atoms with E-state index in [9.17, 15) is 4.79 Å². The van der Waals surface area contributed by atoms with Gasteiger partial charge in [-0.3, -0.25) is 0 Å². The van der Waals surface area contributed by atoms with Crippen molar-refractivity contribution in [3.8, 4) is 0 Å². The van der Waals surface area contributed by atoms with Crippen molar-refractivity contribution in [3.63, 3.8) is 0 Å². The number of hydrogen-bond acceptors (Lipinski definition) is 5. The molecule has 2 aromatic heterocycles. The van der Waals surface area contributed by atoms with E-state index in [2.05, 4.69) is 37.8 Å². The lowest BCUT2D eigenvalue weighted by Gasteiger charge is -2.22. The van der Waals surface area contributed by atoms with Gasteiger partial charge in [-0.25, -0.2) is 14.8 Å². The molecule has 0 fully saturated rings. The zero-order valence-corrected chi connectivity index (χ0v) is 14.9. The summed E-state index contributed by atoms with van der Waals surface area (Å²) in [4.78, 5) is 20.1. The van der Waals surface area contributed by atoms with Gasteiger partial charge in [0, 0.05) is 6.54 Å². The number of anilines is 1. The number of alkyl carbamates (subject to hydrolysis) is 1. The predicted octanol–water partition coefficient (Wildman–Crippen LogP) is 2.86. The second kappa shape index (κ2) is 6.57. The minimum atomic E-state index is -0.557. The van der Waals surface area contributed by atoms with Gasteiger partial charge in [0.25, 0.3) is 0 Å². The fourth-order valence-corrected chi connectivity index (χ4v) is 2.60. The molecular formula is C15H20BrN5O2. The second-order valence-electron chi connectivity index (χ2n) is 6.06. The summed E-state index contributed by atoms with van der Waals surface area (Å²) in [5.41, 5.74) is 5.98. The first-order valence-corrected chi connectivity index (χ1v) is 7.88. The van der Waals surface area contributed by atoms with Gasteiger partial charge in [-0.2, -0.15) is 0 Å². The molecule has 0 saturated heterocycles. The van der Waals surface area contributed by atoms with E-state index in [1.807, 2.05) is 31.4 Å². The average molecular weight is 382 g/mol. The Kier molecular flexibility index (Phi) is 4.93. The molecule has 0 aliphatic rings. The first-order chi connectivity index (χ1) is 10.7. The van der Waals surface area contributed by atoms with Crippen LogP contribution >= 0.6 is 15.9 Å². The van der Waals surface area contributed by atoms with E-state index in [0.717, 1.165) is 9.99 Å². The van der Waals surface area contributed by atoms with E-state index >= 15 is 0 Å². The topological polar surface area (TPSA) is 95.1 Å². The largest absolute Gasteiger partial charge is 0.444 e. The fraction of sp³-hybridized carbons (Fsp3) is 0.400. The lowest BCUT2D eigenvalue weighted by Crippen LogP contribution is -2.40. The number of aromatic nitrogens is 3. The van der Waals surface area contributed by atoms with Gasteiger partial charge in [-0.05, 0) is 42.8 Å². The van der Waals surface area contributed by atoms with Gasteiger partial charge in [0.05, 0.1) is 16.0 Å². The number of ether oxygens (including phenoxy) is 1. The van der Waals surface area contributed by atoms with E-state index in [4.69, 9.17) is 10.5 Å². The van der Waals surface area contributed by atoms with Gasteiger partial charge in [0.1, 0.15) is 23.4 Å². The van der Waals surface area contributed by atoms with Crippen LogP contribution in [0.5, 0.6) is 0 Å². The number of amides is 1. The van der Waals surface area contributed by atoms with Gasteiger partial charge in [-0.1, -0.05) is 6.08 Å². The van der Waals surface area contributed by atoms with E-state index < -0.39 is 11.7 Å². The van der Waals surface area contributed by atoms with Crippen LogP contribution in [-0.2, 0) is 11.3 Å². The molecule has 0 saturated carbocycles. The van der Waals surface area contributed by atoms with Crippen LogP contribution in [0.2, 0.25) is 0 Å². The minimum absolute atomic E-state index is 0.326. The zero-order chi connectivity index (χ0) is 17.2. The van der Waals surface area contributed by atoms with Crippen molar-refractivity contribution in [2.24, 2.45) is 0 Å². The van der Waals surface area contributed by atoms with Crippen molar-refractivity contribution in [2.75, 3.05) is 5.73 Å². The smallest absolute Gasteiger partial charge is 0.408 e. The number of halogens is 1. The molecule has 2 heterocycles. The van der Waals surface area contributed by atoms with Crippen molar-refractivity contribution >= 4 is 38.9 Å². The van der Waals surface area contributed by atoms with Crippen LogP contribution in [0.15, 0.2) is 29.7 Å². The van der Waals surface area contributed by atoms with E-state index in [1.165, 1.54) is 6.33 Å². The van der Waals surface area contributed by atoms with Crippen molar-refractivity contribution in [1.29, 1.82) is 0 Å². The molecule has 0 radical (unpaired) electrons. The fourth-order valence-electron chi connectivity index (χ4n) is 2.06. The summed E-state index contributed by atoms with van der Waals surface area (Å²) < 4.78 is 7.94. The van der Waals surface area contributed by atoms with Gasteiger partial charge in [0.2, 0.25) is 0 Å². The predicted molar refractivity (Wildman–Crippen MR) is 93.0 cm³/mol. The van der Waals surface area contributed by atoms with Crippen LogP contribution in [0.3, 0.4) is 0 Å². The molecule has 23 heavy (non-hydrogen) atoms. The number of nitrogen functional groups attached to an aromatic ring is 1. The molecule has 0 spiro atoms. The molecule has 0 aromatic carbocycles. The van der Waals surface area contributed by atoms with Gasteiger partial charge in [0.15, 0.2) is 0 Å². The number of carbonyl (C=O) groups is 1. The Labute approximate surface area is 143 Å². The summed E-state index contributed by atoms with van der Waals surface area (Å²) in [6.45, 7) is 9.63. The number of nitrogens with two attached hydrogens (primary N) is 1. The van der Waals surface area contributed by atoms with Crippen molar-refractivity contribution in [3.05, 3.63) is 29.7 Å². The normalized spacial score (nSPS) is 12.9. The Balaban J connectivity index is 2.20. The van der Waals surface area contributed by atoms with E-state index in [0.29, 0.717) is 18.0 Å². The van der Waals surface area contributed by atoms with Crippen LogP contribution in [0, 0.1) is 0 Å². The van der Waals surface area contributed by atoms with Crippen molar-refractivity contribution in [2.45, 2.75) is 39.0 Å². The lowest BCUT2D eigenvalue weighted by molar-refractivity contribution is 0.0511. The molecule has 3 N–H and O–H groups in total. The third-order valence-corrected chi connectivity index (χ3v) is 3.69. The summed E-state index contributed by atoms with van der Waals surface area (Å²) in [6.07, 6.45) is 2.56. The first kappa shape index (κ1) is 17.3. The van der Waals surface area contributed by atoms with Crippen molar-refractivity contribution < 1.29 is 9.53 Å². The summed E-state index contributed by atoms with van der Waals surface area (Å²) in [5, 5.41) is 3.52. The number of nitrogens with zero attached hydrogens (tertiary/aromatic N) is 3. The highest BCUT2D eigenvalue weighted by Gasteiger charge is 2.20. The van der Waals surface area contributed by atoms with Gasteiger partial charge >= 0.3 is 6.09 Å². The first-order valence-electron chi connectivity index (χ1n) is 7.08. The molecule has 0 aliphatic carbocycles. The Bertz CT molecular complexity index is 735. The zero-order valence-electron chi connectivity index (χ0n) is 13.3. The summed E-state index contributed by atoms with van der Waals surface area (Å²) in [5.74, 6) is 0.407. The molecule has 0 unspecified atom stereocenters. The number of rotatable bonds is 4. The van der Waals surface area contributed by atoms with Crippen LogP contribution in [0.25, 0.3) is 11.0 Å². The lowest BCUT2D eigenvalue weighted by atomic mass is 10.2. The van der Waals surface area contributed by atoms with Crippen LogP contribution < -0.4 is 11.1 Å². The molecule has 7 nitrogen and oxygen atoms in total. The molecule has 8 heteroatoms. The molecule has 2 aromatic rings. The van der Waals surface area contributed by atoms with Gasteiger partial charge in [-0.15, -0.1) is 6.58 Å². The highest BCUT2D eigenvalue weighted by atomic mass is 79.9. The number of carbonyl (C=O) groups excluding carboxylic acids is 1. The Hall–Kier alpha value is -2.09. The van der Waals surface area contributed by atoms with Crippen LogP contribution in [0.1, 0.15) is 20.8 Å². The molecule has 0 bridgehead atoms. The monoisotopic (exact) mass is 381 g/mol.